The van der Waals surface area contributed by atoms with Gasteiger partial charge < -0.3 is 14.0 Å². The maximum atomic E-state index is 14.6. The second kappa shape index (κ2) is 8.47. The lowest BCUT2D eigenvalue weighted by Gasteiger charge is -2.28. The third-order valence-electron chi connectivity index (χ3n) is 5.80. The molecule has 5 nitrogen and oxygen atoms in total. The summed E-state index contributed by atoms with van der Waals surface area (Å²) >= 11 is 3.02. The molecule has 0 aliphatic carbocycles. The molecule has 1 fully saturated rings. The summed E-state index contributed by atoms with van der Waals surface area (Å²) in [5, 5.41) is 0. The van der Waals surface area contributed by atoms with Crippen molar-refractivity contribution < 1.29 is 23.0 Å². The highest BCUT2D eigenvalue weighted by molar-refractivity contribution is 9.10. The smallest absolute Gasteiger partial charge is 0.338 e. The van der Waals surface area contributed by atoms with Crippen LogP contribution in [0.15, 0.2) is 34.8 Å². The maximum Gasteiger partial charge on any atom is 0.338 e. The van der Waals surface area contributed by atoms with Crippen molar-refractivity contribution in [2.75, 3.05) is 13.2 Å². The molecule has 0 saturated carbocycles. The van der Waals surface area contributed by atoms with Gasteiger partial charge in [-0.1, -0.05) is 13.8 Å². The molecule has 1 aliphatic rings. The van der Waals surface area contributed by atoms with Crippen LogP contribution in [0.4, 0.5) is 8.78 Å². The minimum atomic E-state index is -0.623. The summed E-state index contributed by atoms with van der Waals surface area (Å²) in [5.74, 6) is -0.902. The zero-order valence-electron chi connectivity index (χ0n) is 19.3. The molecule has 33 heavy (non-hydrogen) atoms. The van der Waals surface area contributed by atoms with E-state index in [1.807, 2.05) is 25.3 Å². The fourth-order valence-electron chi connectivity index (χ4n) is 4.13. The predicted molar refractivity (Wildman–Crippen MR) is 125 cm³/mol. The number of benzene rings is 2. The van der Waals surface area contributed by atoms with Crippen molar-refractivity contribution in [2.24, 2.45) is 5.41 Å². The summed E-state index contributed by atoms with van der Waals surface area (Å²) in [4.78, 5) is 17.4. The number of nitrogens with zero attached hydrogens (tertiary/aromatic N) is 2. The lowest BCUT2D eigenvalue weighted by molar-refractivity contribution is 0.00696. The summed E-state index contributed by atoms with van der Waals surface area (Å²) in [6, 6.07) is 7.41. The Morgan fingerprint density at radius 1 is 1.24 bits per heavy atom. The molecule has 1 aromatic heterocycles. The average molecular weight is 521 g/mol. The van der Waals surface area contributed by atoms with Crippen molar-refractivity contribution in [1.82, 2.24) is 9.55 Å². The van der Waals surface area contributed by atoms with E-state index in [0.29, 0.717) is 30.1 Å². The quantitative estimate of drug-likeness (QED) is 0.302. The van der Waals surface area contributed by atoms with Crippen LogP contribution in [0.1, 0.15) is 62.4 Å². The summed E-state index contributed by atoms with van der Waals surface area (Å²) in [6.45, 7) is 10.7. The third-order valence-corrected chi connectivity index (χ3v) is 6.41. The van der Waals surface area contributed by atoms with Gasteiger partial charge in [-0.15, -0.1) is 0 Å². The van der Waals surface area contributed by atoms with E-state index in [1.54, 1.807) is 18.2 Å². The largest absolute Gasteiger partial charge is 0.456 e. The van der Waals surface area contributed by atoms with E-state index in [0.717, 1.165) is 11.6 Å². The molecule has 8 heteroatoms. The number of aromatic nitrogens is 2. The molecule has 1 atom stereocenters. The van der Waals surface area contributed by atoms with Gasteiger partial charge in [0.25, 0.3) is 0 Å². The molecule has 1 saturated heterocycles. The van der Waals surface area contributed by atoms with Crippen molar-refractivity contribution in [1.29, 1.82) is 0 Å². The summed E-state index contributed by atoms with van der Waals surface area (Å²) in [6.07, 6.45) is 0.0963. The van der Waals surface area contributed by atoms with Gasteiger partial charge in [0.2, 0.25) is 0 Å². The highest BCUT2D eigenvalue weighted by Crippen LogP contribution is 2.40. The highest BCUT2D eigenvalue weighted by atomic mass is 79.9. The van der Waals surface area contributed by atoms with Gasteiger partial charge in [0.1, 0.15) is 23.1 Å². The van der Waals surface area contributed by atoms with Gasteiger partial charge >= 0.3 is 5.97 Å². The first-order valence-corrected chi connectivity index (χ1v) is 11.6. The van der Waals surface area contributed by atoms with Crippen LogP contribution in [0.3, 0.4) is 0 Å². The summed E-state index contributed by atoms with van der Waals surface area (Å²) in [5.41, 5.74) is 1.17. The first-order valence-electron chi connectivity index (χ1n) is 10.8. The van der Waals surface area contributed by atoms with Crippen molar-refractivity contribution >= 4 is 32.9 Å². The number of carbonyl (C=O) groups is 1. The predicted octanol–water partition coefficient (Wildman–Crippen LogP) is 6.22. The van der Waals surface area contributed by atoms with Gasteiger partial charge in [0.05, 0.1) is 40.3 Å². The second-order valence-electron chi connectivity index (χ2n) is 10.2. The Kier molecular flexibility index (Phi) is 6.12. The van der Waals surface area contributed by atoms with E-state index in [4.69, 9.17) is 14.5 Å². The Labute approximate surface area is 200 Å². The molecule has 2 heterocycles. The van der Waals surface area contributed by atoms with E-state index >= 15 is 0 Å². The van der Waals surface area contributed by atoms with Crippen LogP contribution in [0, 0.1) is 17.0 Å². The van der Waals surface area contributed by atoms with E-state index in [1.165, 1.54) is 6.07 Å². The minimum Gasteiger partial charge on any atom is -0.456 e. The van der Waals surface area contributed by atoms with Crippen molar-refractivity contribution in [3.8, 4) is 0 Å². The van der Waals surface area contributed by atoms with Crippen molar-refractivity contribution in [2.45, 2.75) is 52.7 Å². The lowest BCUT2D eigenvalue weighted by Crippen LogP contribution is -2.27. The first-order chi connectivity index (χ1) is 15.4. The number of carbonyl (C=O) groups excluding carboxylic acids is 1. The van der Waals surface area contributed by atoms with Crippen LogP contribution < -0.4 is 0 Å². The number of rotatable bonds is 4. The number of imidazole rings is 1. The third kappa shape index (κ3) is 4.82. The van der Waals surface area contributed by atoms with Crippen LogP contribution in [-0.4, -0.2) is 34.3 Å². The summed E-state index contributed by atoms with van der Waals surface area (Å²) in [7, 11) is 0. The zero-order chi connectivity index (χ0) is 24.1. The van der Waals surface area contributed by atoms with Crippen LogP contribution in [0.5, 0.6) is 0 Å². The molecule has 0 N–H and O–H groups in total. The van der Waals surface area contributed by atoms with Gasteiger partial charge in [0, 0.05) is 11.8 Å². The number of ether oxygens (including phenoxy) is 2. The van der Waals surface area contributed by atoms with E-state index in [2.05, 4.69) is 29.8 Å². The molecular weight excluding hydrogens is 494 g/mol. The number of fused-ring (bicyclic) bond motifs is 1. The number of halogens is 3. The summed E-state index contributed by atoms with van der Waals surface area (Å²) < 4.78 is 42.2. The Morgan fingerprint density at radius 3 is 2.61 bits per heavy atom. The molecule has 0 radical (unpaired) electrons. The van der Waals surface area contributed by atoms with Crippen LogP contribution >= 0.6 is 15.9 Å². The second-order valence-corrected chi connectivity index (χ2v) is 11.0. The van der Waals surface area contributed by atoms with Gasteiger partial charge in [-0.2, -0.15) is 0 Å². The number of esters is 1. The number of hydrogen-bond donors (Lipinski definition) is 0. The van der Waals surface area contributed by atoms with Gasteiger partial charge in [-0.25, -0.2) is 18.6 Å². The van der Waals surface area contributed by atoms with Crippen LogP contribution in [0.25, 0.3) is 11.0 Å². The highest BCUT2D eigenvalue weighted by Gasteiger charge is 2.39. The van der Waals surface area contributed by atoms with Crippen molar-refractivity contribution in [3.63, 3.8) is 0 Å². The number of hydrogen-bond acceptors (Lipinski definition) is 4. The Balaban J connectivity index is 1.85. The average Bonchev–Trinajstić information content (AvgIpc) is 3.22. The lowest BCUT2D eigenvalue weighted by atomic mass is 9.87. The maximum absolute atomic E-state index is 14.6. The van der Waals surface area contributed by atoms with Crippen molar-refractivity contribution in [3.05, 3.63) is 63.4 Å². The Hall–Kier alpha value is -2.32. The standard InChI is InChI=1S/C25H27BrF2N2O3/c1-24(2,3)33-23(31)14-6-7-19-20(9-14)30(21-12-32-13-25(21,4)5)22(29-19)10-15-8-18(28)16(26)11-17(15)27/h6-9,11,21H,10,12-13H2,1-5H3/t21-/m1/s1. The monoisotopic (exact) mass is 520 g/mol. The van der Waals surface area contributed by atoms with E-state index < -0.39 is 23.2 Å². The molecule has 0 amide bonds. The van der Waals surface area contributed by atoms with Crippen LogP contribution in [-0.2, 0) is 15.9 Å². The molecule has 3 aromatic rings. The Morgan fingerprint density at radius 2 is 1.97 bits per heavy atom. The minimum absolute atomic E-state index is 0.0737. The molecular formula is C25H27BrF2N2O3. The zero-order valence-corrected chi connectivity index (χ0v) is 20.9. The van der Waals surface area contributed by atoms with E-state index in [-0.39, 0.29) is 27.9 Å². The SMILES string of the molecule is CC(C)(C)OC(=O)c1ccc2nc(Cc3cc(F)c(Br)cc3F)n([C@@H]3COCC3(C)C)c2c1. The topological polar surface area (TPSA) is 53.3 Å². The fourth-order valence-corrected chi connectivity index (χ4v) is 4.44. The first kappa shape index (κ1) is 23.8. The van der Waals surface area contributed by atoms with Gasteiger partial charge in [-0.3, -0.25) is 0 Å². The molecule has 4 rings (SSSR count). The van der Waals surface area contributed by atoms with E-state index in [9.17, 15) is 13.6 Å². The molecule has 0 spiro atoms. The normalized spacial score (nSPS) is 18.1. The molecule has 0 bridgehead atoms. The molecule has 176 valence electrons. The molecule has 2 aromatic carbocycles. The van der Waals surface area contributed by atoms with Gasteiger partial charge in [-0.05, 0) is 72.6 Å². The van der Waals surface area contributed by atoms with Crippen LogP contribution in [0.2, 0.25) is 0 Å². The Bertz CT molecular complexity index is 1230. The molecule has 0 unspecified atom stereocenters. The fraction of sp³-hybridized carbons (Fsp3) is 0.440. The molecule has 1 aliphatic heterocycles. The van der Waals surface area contributed by atoms with Gasteiger partial charge in [0.15, 0.2) is 0 Å².